The summed E-state index contributed by atoms with van der Waals surface area (Å²) in [4.78, 5) is 40.3. The molecule has 2 saturated heterocycles. The molecule has 0 spiro atoms. The van der Waals surface area contributed by atoms with Crippen LogP contribution in [0.15, 0.2) is 69.5 Å². The number of nitrogens with one attached hydrogen (secondary N) is 1. The molecule has 0 bridgehead atoms. The predicted octanol–water partition coefficient (Wildman–Crippen LogP) is 4.77. The van der Waals surface area contributed by atoms with E-state index >= 15 is 0 Å². The molecule has 1 aliphatic carbocycles. The van der Waals surface area contributed by atoms with Crippen molar-refractivity contribution in [2.45, 2.75) is 30.3 Å². The fourth-order valence-electron chi connectivity index (χ4n) is 6.82. The fourth-order valence-corrected chi connectivity index (χ4v) is 8.38. The second-order valence-corrected chi connectivity index (χ2v) is 15.8. The number of piperazine rings is 1. The topological polar surface area (TPSA) is 124 Å². The van der Waals surface area contributed by atoms with Gasteiger partial charge in [0.1, 0.15) is 16.5 Å². The van der Waals surface area contributed by atoms with Gasteiger partial charge >= 0.3 is 6.03 Å². The van der Waals surface area contributed by atoms with Crippen molar-refractivity contribution >= 4 is 62.6 Å². The highest BCUT2D eigenvalue weighted by atomic mass is 35.5. The van der Waals surface area contributed by atoms with E-state index in [9.17, 15) is 18.0 Å². The van der Waals surface area contributed by atoms with Crippen LogP contribution in [0.25, 0.3) is 0 Å². The summed E-state index contributed by atoms with van der Waals surface area (Å²) in [6, 6.07) is 8.80. The second kappa shape index (κ2) is 16.2. The lowest BCUT2D eigenvalue weighted by molar-refractivity contribution is -0.136. The molecule has 0 saturated carbocycles. The number of aliphatic imine (C=N–C) groups is 1. The first-order valence-electron chi connectivity index (χ1n) is 16.9. The van der Waals surface area contributed by atoms with Gasteiger partial charge < -0.3 is 19.3 Å². The van der Waals surface area contributed by atoms with Gasteiger partial charge in [-0.05, 0) is 50.2 Å². The van der Waals surface area contributed by atoms with E-state index in [1.165, 1.54) is 19.2 Å². The maximum absolute atomic E-state index is 15.0. The van der Waals surface area contributed by atoms with Crippen molar-refractivity contribution in [2.24, 2.45) is 10.9 Å². The average molecular weight is 780 g/mol. The number of allylic oxidation sites excluding steroid dienone is 3. The molecule has 1 N–H and O–H groups in total. The van der Waals surface area contributed by atoms with Crippen LogP contribution in [0.3, 0.4) is 0 Å². The van der Waals surface area contributed by atoms with Gasteiger partial charge in [-0.2, -0.15) is 0 Å². The van der Waals surface area contributed by atoms with E-state index < -0.39 is 22.1 Å². The van der Waals surface area contributed by atoms with Crippen LogP contribution in [-0.4, -0.2) is 125 Å². The molecule has 3 atom stereocenters. The Morgan fingerprint density at radius 1 is 1.00 bits per heavy atom. The number of rotatable bonds is 9. The predicted molar refractivity (Wildman–Crippen MR) is 197 cm³/mol. The molecule has 12 nitrogen and oxygen atoms in total. The summed E-state index contributed by atoms with van der Waals surface area (Å²) in [5.74, 6) is 0.452. The number of urea groups is 1. The number of hydrogen-bond donors (Lipinski definition) is 1. The second-order valence-electron chi connectivity index (χ2n) is 12.6. The van der Waals surface area contributed by atoms with Crippen LogP contribution < -0.4 is 9.46 Å². The van der Waals surface area contributed by atoms with Gasteiger partial charge in [-0.3, -0.25) is 19.6 Å². The number of ether oxygens (including phenoxy) is 2. The van der Waals surface area contributed by atoms with Crippen molar-refractivity contribution in [3.8, 4) is 5.75 Å². The van der Waals surface area contributed by atoms with E-state index in [1.54, 1.807) is 28.9 Å². The first kappa shape index (κ1) is 37.6. The standard InChI is InChI=1S/C35H41Cl3N6O6S/c1-3-50-29-21-28(38)30(51(47,48)39-2)20-27(29)34-40-32(23-4-8-25(36)9-5-23)33(24-6-10-26(37)11-7-24)44(34)35(46)43-14-12-41(13-15-43)22-31(45)42-16-18-49-19-17-42/h4,6-11,20-21,23,32-33,39H,3,5,12-19,22H2,1-2H3/t23?,32-,33+/m0/s1. The highest BCUT2D eigenvalue weighted by Gasteiger charge is 2.47. The lowest BCUT2D eigenvalue weighted by atomic mass is 9.85. The summed E-state index contributed by atoms with van der Waals surface area (Å²) < 4.78 is 40.0. The molecular formula is C35H41Cl3N6O6S. The smallest absolute Gasteiger partial charge is 0.326 e. The molecule has 3 heterocycles. The number of benzene rings is 2. The minimum absolute atomic E-state index is 0.0310. The first-order chi connectivity index (χ1) is 24.5. The summed E-state index contributed by atoms with van der Waals surface area (Å²) in [5, 5.41) is 1.13. The Bertz CT molecular complexity index is 1830. The number of amidine groups is 1. The van der Waals surface area contributed by atoms with Gasteiger partial charge in [-0.15, -0.1) is 0 Å². The molecule has 274 valence electrons. The van der Waals surface area contributed by atoms with Crippen molar-refractivity contribution in [1.29, 1.82) is 0 Å². The lowest BCUT2D eigenvalue weighted by Gasteiger charge is -2.40. The largest absolute Gasteiger partial charge is 0.493 e. The molecule has 6 rings (SSSR count). The van der Waals surface area contributed by atoms with E-state index in [2.05, 4.69) is 9.62 Å². The minimum atomic E-state index is -4.00. The Balaban J connectivity index is 1.40. The monoisotopic (exact) mass is 778 g/mol. The molecular weight excluding hydrogens is 739 g/mol. The van der Waals surface area contributed by atoms with Crippen LogP contribution in [0.4, 0.5) is 4.79 Å². The summed E-state index contributed by atoms with van der Waals surface area (Å²) in [7, 11) is -2.70. The van der Waals surface area contributed by atoms with E-state index in [4.69, 9.17) is 49.3 Å². The molecule has 2 aromatic rings. The van der Waals surface area contributed by atoms with Crippen LogP contribution >= 0.6 is 34.8 Å². The lowest BCUT2D eigenvalue weighted by Crippen LogP contribution is -2.56. The van der Waals surface area contributed by atoms with Crippen molar-refractivity contribution in [2.75, 3.05) is 72.7 Å². The Hall–Kier alpha value is -3.17. The van der Waals surface area contributed by atoms with E-state index in [0.717, 1.165) is 5.56 Å². The highest BCUT2D eigenvalue weighted by Crippen LogP contribution is 2.44. The van der Waals surface area contributed by atoms with Gasteiger partial charge in [0, 0.05) is 61.3 Å². The SMILES string of the molecule is CCOc1cc(Cl)c(S(=O)(=O)NC)cc1C1=N[C@@H](C2C=CC(Cl)=CC2)[C@@H](c2ccc(Cl)cc2)N1C(=O)N1CCN(CC(=O)N2CCOCC2)CC1. The average Bonchev–Trinajstić information content (AvgIpc) is 3.53. The normalized spacial score (nSPS) is 22.9. The third-order valence-electron chi connectivity index (χ3n) is 9.54. The molecule has 51 heavy (non-hydrogen) atoms. The summed E-state index contributed by atoms with van der Waals surface area (Å²) >= 11 is 19.2. The molecule has 3 amide bonds. The molecule has 1 unspecified atom stereocenters. The van der Waals surface area contributed by atoms with Gasteiger partial charge in [-0.1, -0.05) is 59.1 Å². The van der Waals surface area contributed by atoms with Crippen LogP contribution in [-0.2, 0) is 19.6 Å². The molecule has 2 aromatic carbocycles. The molecule has 4 aliphatic rings. The number of morpholine rings is 1. The summed E-state index contributed by atoms with van der Waals surface area (Å²) in [5.41, 5.74) is 1.11. The van der Waals surface area contributed by atoms with Crippen LogP contribution in [0.5, 0.6) is 5.75 Å². The highest BCUT2D eigenvalue weighted by molar-refractivity contribution is 7.89. The number of sulfonamides is 1. The number of halogens is 3. The fraction of sp³-hybridized carbons (Fsp3) is 0.457. The Kier molecular flexibility index (Phi) is 12.0. The third kappa shape index (κ3) is 8.25. The maximum atomic E-state index is 15.0. The zero-order valence-corrected chi connectivity index (χ0v) is 31.5. The van der Waals surface area contributed by atoms with Crippen molar-refractivity contribution in [3.05, 3.63) is 80.8 Å². The molecule has 0 radical (unpaired) electrons. The number of amides is 3. The maximum Gasteiger partial charge on any atom is 0.326 e. The Morgan fingerprint density at radius 2 is 1.71 bits per heavy atom. The summed E-state index contributed by atoms with van der Waals surface area (Å²) in [6.45, 7) is 6.29. The first-order valence-corrected chi connectivity index (χ1v) is 19.6. The third-order valence-corrected chi connectivity index (χ3v) is 12.0. The molecule has 16 heteroatoms. The number of nitrogens with zero attached hydrogens (tertiary/aromatic N) is 5. The van der Waals surface area contributed by atoms with Gasteiger partial charge in [0.15, 0.2) is 0 Å². The number of carbonyl (C=O) groups excluding carboxylic acids is 2. The molecule has 3 aliphatic heterocycles. The van der Waals surface area contributed by atoms with Gasteiger partial charge in [0.05, 0.1) is 49.0 Å². The van der Waals surface area contributed by atoms with Crippen LogP contribution in [0.1, 0.15) is 30.5 Å². The van der Waals surface area contributed by atoms with Gasteiger partial charge in [-0.25, -0.2) is 17.9 Å². The quantitative estimate of drug-likeness (QED) is 0.389. The Labute approximate surface area is 313 Å². The minimum Gasteiger partial charge on any atom is -0.493 e. The zero-order valence-electron chi connectivity index (χ0n) is 28.4. The van der Waals surface area contributed by atoms with Gasteiger partial charge in [0.25, 0.3) is 0 Å². The number of hydrogen-bond acceptors (Lipinski definition) is 8. The van der Waals surface area contributed by atoms with Crippen molar-refractivity contribution < 1.29 is 27.5 Å². The van der Waals surface area contributed by atoms with Crippen LogP contribution in [0, 0.1) is 5.92 Å². The zero-order chi connectivity index (χ0) is 36.3. The van der Waals surface area contributed by atoms with E-state index in [1.807, 2.05) is 35.3 Å². The van der Waals surface area contributed by atoms with Crippen molar-refractivity contribution in [3.63, 3.8) is 0 Å². The number of carbonyl (C=O) groups is 2. The van der Waals surface area contributed by atoms with Crippen LogP contribution in [0.2, 0.25) is 10.0 Å². The molecule has 2 fully saturated rings. The molecule has 0 aromatic heterocycles. The van der Waals surface area contributed by atoms with E-state index in [-0.39, 0.29) is 52.5 Å². The summed E-state index contributed by atoms with van der Waals surface area (Å²) in [6.07, 6.45) is 6.33. The van der Waals surface area contributed by atoms with Crippen molar-refractivity contribution in [1.82, 2.24) is 24.3 Å². The van der Waals surface area contributed by atoms with Gasteiger partial charge in [0.2, 0.25) is 15.9 Å². The van der Waals surface area contributed by atoms with E-state index in [0.29, 0.717) is 74.5 Å². The Morgan fingerprint density at radius 3 is 2.33 bits per heavy atom.